The van der Waals surface area contributed by atoms with Crippen LogP contribution >= 0.6 is 11.6 Å². The van der Waals surface area contributed by atoms with E-state index in [1.807, 2.05) is 30.3 Å². The van der Waals surface area contributed by atoms with Gasteiger partial charge in [0.25, 0.3) is 0 Å². The van der Waals surface area contributed by atoms with Crippen molar-refractivity contribution in [2.24, 2.45) is 0 Å². The largest absolute Gasteiger partial charge is 0.491 e. The summed E-state index contributed by atoms with van der Waals surface area (Å²) in [6.45, 7) is 4.91. The van der Waals surface area contributed by atoms with Crippen LogP contribution in [0.3, 0.4) is 0 Å². The quantitative estimate of drug-likeness (QED) is 0.790. The number of halogens is 1. The van der Waals surface area contributed by atoms with Gasteiger partial charge in [0, 0.05) is 43.9 Å². The predicted molar refractivity (Wildman–Crippen MR) is 112 cm³/mol. The molecule has 0 unspecified atom stereocenters. The van der Waals surface area contributed by atoms with E-state index in [4.69, 9.17) is 21.1 Å². The Hall–Kier alpha value is -1.75. The maximum Gasteiger partial charge on any atom is 0.123 e. The average molecular weight is 402 g/mol. The van der Waals surface area contributed by atoms with E-state index in [1.54, 1.807) is 0 Å². The second-order valence-electron chi connectivity index (χ2n) is 7.98. The molecular formula is C23H28ClNO3. The van der Waals surface area contributed by atoms with E-state index in [0.717, 1.165) is 55.3 Å². The third-order valence-electron chi connectivity index (χ3n) is 5.87. The summed E-state index contributed by atoms with van der Waals surface area (Å²) in [6, 6.07) is 14.0. The molecule has 1 N–H and O–H groups in total. The van der Waals surface area contributed by atoms with Gasteiger partial charge in [-0.15, -0.1) is 0 Å². The molecule has 5 heteroatoms. The predicted octanol–water partition coefficient (Wildman–Crippen LogP) is 4.11. The fourth-order valence-corrected chi connectivity index (χ4v) is 4.38. The molecule has 1 fully saturated rings. The minimum Gasteiger partial charge on any atom is -0.491 e. The molecule has 150 valence electrons. The Bertz CT molecular complexity index is 800. The summed E-state index contributed by atoms with van der Waals surface area (Å²) in [5.41, 5.74) is 2.39. The molecule has 2 aliphatic heterocycles. The number of likely N-dealkylation sites (tertiary alicyclic amines) is 1. The van der Waals surface area contributed by atoms with E-state index in [1.165, 1.54) is 11.1 Å². The molecule has 1 spiro atoms. The van der Waals surface area contributed by atoms with Crippen molar-refractivity contribution in [3.63, 3.8) is 0 Å². The number of hydrogen-bond acceptors (Lipinski definition) is 4. The molecule has 1 atom stereocenters. The number of piperidine rings is 1. The SMILES string of the molecule is CCc1ccc(OC[C@@H](O)CN2CCC3(CC2)Cc2cc(Cl)ccc2O3)cc1. The van der Waals surface area contributed by atoms with Crippen molar-refractivity contribution < 1.29 is 14.6 Å². The topological polar surface area (TPSA) is 41.9 Å². The van der Waals surface area contributed by atoms with Gasteiger partial charge in [-0.2, -0.15) is 0 Å². The first-order valence-corrected chi connectivity index (χ1v) is 10.5. The molecule has 0 saturated carbocycles. The highest BCUT2D eigenvalue weighted by molar-refractivity contribution is 6.30. The Kier molecular flexibility index (Phi) is 5.81. The fourth-order valence-electron chi connectivity index (χ4n) is 4.19. The minimum atomic E-state index is -0.500. The van der Waals surface area contributed by atoms with E-state index in [2.05, 4.69) is 24.0 Å². The molecular weight excluding hydrogens is 374 g/mol. The lowest BCUT2D eigenvalue weighted by Crippen LogP contribution is -2.49. The Labute approximate surface area is 172 Å². The Morgan fingerprint density at radius 2 is 1.93 bits per heavy atom. The molecule has 2 aliphatic rings. The van der Waals surface area contributed by atoms with Crippen molar-refractivity contribution >= 4 is 11.6 Å². The molecule has 1 saturated heterocycles. The smallest absolute Gasteiger partial charge is 0.123 e. The molecule has 28 heavy (non-hydrogen) atoms. The average Bonchev–Trinajstić information content (AvgIpc) is 3.05. The number of β-amino-alcohol motifs (C(OH)–C–C–N with tert-alkyl or cyclic N) is 1. The second-order valence-corrected chi connectivity index (χ2v) is 8.41. The lowest BCUT2D eigenvalue weighted by molar-refractivity contribution is -0.00195. The third-order valence-corrected chi connectivity index (χ3v) is 6.11. The van der Waals surface area contributed by atoms with Gasteiger partial charge in [0.1, 0.15) is 29.8 Å². The van der Waals surface area contributed by atoms with E-state index in [0.29, 0.717) is 13.2 Å². The standard InChI is InChI=1S/C23H28ClNO3/c1-2-17-3-6-21(7-4-17)27-16-20(26)15-25-11-9-23(10-12-25)14-18-13-19(24)5-8-22(18)28-23/h3-8,13,20,26H,2,9-12,14-16H2,1H3/t20-/m0/s1. The van der Waals surface area contributed by atoms with E-state index in [-0.39, 0.29) is 5.60 Å². The highest BCUT2D eigenvalue weighted by Gasteiger charge is 2.42. The summed E-state index contributed by atoms with van der Waals surface area (Å²) in [5, 5.41) is 11.1. The zero-order chi connectivity index (χ0) is 19.6. The van der Waals surface area contributed by atoms with Gasteiger partial charge in [-0.3, -0.25) is 0 Å². The van der Waals surface area contributed by atoms with Crippen molar-refractivity contribution in [2.75, 3.05) is 26.2 Å². The Balaban J connectivity index is 1.23. The minimum absolute atomic E-state index is 0.105. The van der Waals surface area contributed by atoms with Gasteiger partial charge in [0.05, 0.1) is 0 Å². The summed E-state index contributed by atoms with van der Waals surface area (Å²) in [4.78, 5) is 2.30. The molecule has 0 bridgehead atoms. The second kappa shape index (κ2) is 8.32. The summed E-state index contributed by atoms with van der Waals surface area (Å²) in [5.74, 6) is 1.78. The summed E-state index contributed by atoms with van der Waals surface area (Å²) in [7, 11) is 0. The fraction of sp³-hybridized carbons (Fsp3) is 0.478. The summed E-state index contributed by atoms with van der Waals surface area (Å²) >= 11 is 6.12. The van der Waals surface area contributed by atoms with Crippen molar-refractivity contribution in [2.45, 2.75) is 44.3 Å². The van der Waals surface area contributed by atoms with Gasteiger partial charge in [0.15, 0.2) is 0 Å². The lowest BCUT2D eigenvalue weighted by atomic mass is 9.87. The molecule has 4 nitrogen and oxygen atoms in total. The monoisotopic (exact) mass is 401 g/mol. The van der Waals surface area contributed by atoms with Crippen molar-refractivity contribution in [3.05, 3.63) is 58.6 Å². The Morgan fingerprint density at radius 3 is 2.64 bits per heavy atom. The van der Waals surface area contributed by atoms with Crippen LogP contribution in [0.1, 0.15) is 30.9 Å². The maximum atomic E-state index is 10.4. The van der Waals surface area contributed by atoms with E-state index in [9.17, 15) is 5.11 Å². The number of aliphatic hydroxyl groups excluding tert-OH is 1. The van der Waals surface area contributed by atoms with Gasteiger partial charge in [-0.25, -0.2) is 0 Å². The molecule has 4 rings (SSSR count). The number of ether oxygens (including phenoxy) is 2. The number of nitrogens with zero attached hydrogens (tertiary/aromatic N) is 1. The molecule has 2 heterocycles. The van der Waals surface area contributed by atoms with Crippen LogP contribution in [-0.4, -0.2) is 48.0 Å². The van der Waals surface area contributed by atoms with Crippen LogP contribution in [0, 0.1) is 0 Å². The zero-order valence-electron chi connectivity index (χ0n) is 16.4. The summed E-state index contributed by atoms with van der Waals surface area (Å²) in [6.07, 6.45) is 3.37. The van der Waals surface area contributed by atoms with E-state index < -0.39 is 6.10 Å². The number of fused-ring (bicyclic) bond motifs is 1. The lowest BCUT2D eigenvalue weighted by Gasteiger charge is -2.39. The number of rotatable bonds is 6. The van der Waals surface area contributed by atoms with Crippen LogP contribution in [0.15, 0.2) is 42.5 Å². The van der Waals surface area contributed by atoms with Gasteiger partial charge < -0.3 is 19.5 Å². The van der Waals surface area contributed by atoms with Crippen molar-refractivity contribution in [3.8, 4) is 11.5 Å². The van der Waals surface area contributed by atoms with Crippen molar-refractivity contribution in [1.29, 1.82) is 0 Å². The van der Waals surface area contributed by atoms with Crippen LogP contribution in [0.5, 0.6) is 11.5 Å². The first-order valence-electron chi connectivity index (χ1n) is 10.1. The molecule has 2 aromatic carbocycles. The van der Waals surface area contributed by atoms with Crippen LogP contribution in [0.4, 0.5) is 0 Å². The molecule has 0 amide bonds. The number of aryl methyl sites for hydroxylation is 1. The molecule has 2 aromatic rings. The van der Waals surface area contributed by atoms with Gasteiger partial charge in [-0.1, -0.05) is 30.7 Å². The molecule has 0 radical (unpaired) electrons. The molecule has 0 aliphatic carbocycles. The maximum absolute atomic E-state index is 10.4. The highest BCUT2D eigenvalue weighted by Crippen LogP contribution is 2.41. The zero-order valence-corrected chi connectivity index (χ0v) is 17.1. The van der Waals surface area contributed by atoms with E-state index >= 15 is 0 Å². The van der Waals surface area contributed by atoms with Crippen LogP contribution < -0.4 is 9.47 Å². The normalized spacial score (nSPS) is 19.2. The number of hydrogen-bond donors (Lipinski definition) is 1. The Morgan fingerprint density at radius 1 is 1.18 bits per heavy atom. The highest BCUT2D eigenvalue weighted by atomic mass is 35.5. The number of aliphatic hydroxyl groups is 1. The van der Waals surface area contributed by atoms with Crippen molar-refractivity contribution in [1.82, 2.24) is 4.90 Å². The number of benzene rings is 2. The van der Waals surface area contributed by atoms with Crippen LogP contribution in [-0.2, 0) is 12.8 Å². The van der Waals surface area contributed by atoms with Crippen LogP contribution in [0.2, 0.25) is 5.02 Å². The summed E-state index contributed by atoms with van der Waals surface area (Å²) < 4.78 is 12.0. The van der Waals surface area contributed by atoms with Gasteiger partial charge >= 0.3 is 0 Å². The first-order chi connectivity index (χ1) is 13.5. The van der Waals surface area contributed by atoms with Gasteiger partial charge in [0.2, 0.25) is 0 Å². The molecule has 0 aromatic heterocycles. The van der Waals surface area contributed by atoms with Gasteiger partial charge in [-0.05, 0) is 47.9 Å². The first kappa shape index (κ1) is 19.6. The third kappa shape index (κ3) is 4.45. The van der Waals surface area contributed by atoms with Crippen LogP contribution in [0.25, 0.3) is 0 Å².